The molecule has 0 saturated heterocycles. The Labute approximate surface area is 111 Å². The minimum Gasteiger partial charge on any atom is -0.362 e. The molecule has 0 unspecified atom stereocenters. The van der Waals surface area contributed by atoms with Gasteiger partial charge < -0.3 is 15.4 Å². The summed E-state index contributed by atoms with van der Waals surface area (Å²) in [5.74, 6) is -0.382. The van der Waals surface area contributed by atoms with Gasteiger partial charge in [0.05, 0.1) is 0 Å². The van der Waals surface area contributed by atoms with Gasteiger partial charge in [-0.25, -0.2) is 0 Å². The van der Waals surface area contributed by atoms with Gasteiger partial charge in [0.25, 0.3) is 0 Å². The van der Waals surface area contributed by atoms with Crippen molar-refractivity contribution in [2.75, 3.05) is 19.8 Å². The van der Waals surface area contributed by atoms with Crippen LogP contribution in [0.1, 0.15) is 32.6 Å². The second-order valence-corrected chi connectivity index (χ2v) is 4.86. The normalized spacial score (nSPS) is 24.3. The van der Waals surface area contributed by atoms with Crippen molar-refractivity contribution in [3.05, 3.63) is 0 Å². The zero-order valence-corrected chi connectivity index (χ0v) is 11.1. The van der Waals surface area contributed by atoms with Crippen molar-refractivity contribution in [1.82, 2.24) is 4.90 Å². The summed E-state index contributed by atoms with van der Waals surface area (Å²) in [6.07, 6.45) is -1.09. The Morgan fingerprint density at radius 3 is 2.37 bits per heavy atom. The highest BCUT2D eigenvalue weighted by Gasteiger charge is 2.30. The Bertz CT molecular complexity index is 289. The van der Waals surface area contributed by atoms with Crippen molar-refractivity contribution >= 4 is 5.91 Å². The number of carbonyl (C=O) groups is 1. The molecule has 7 heteroatoms. The fourth-order valence-electron chi connectivity index (χ4n) is 2.39. The van der Waals surface area contributed by atoms with Crippen molar-refractivity contribution in [3.63, 3.8) is 0 Å². The topological polar surface area (TPSA) is 55.6 Å². The number of hydrogen-bond acceptors (Lipinski definition) is 3. The van der Waals surface area contributed by atoms with Crippen LogP contribution in [0, 0.1) is 0 Å². The second kappa shape index (κ2) is 7.09. The number of alkyl halides is 3. The summed E-state index contributed by atoms with van der Waals surface area (Å²) in [6.45, 7) is 0.395. The van der Waals surface area contributed by atoms with E-state index in [-0.39, 0.29) is 18.0 Å². The predicted molar refractivity (Wildman–Crippen MR) is 64.5 cm³/mol. The van der Waals surface area contributed by atoms with Gasteiger partial charge in [-0.15, -0.1) is 0 Å². The van der Waals surface area contributed by atoms with E-state index in [1.165, 1.54) is 0 Å². The monoisotopic (exact) mass is 282 g/mol. The number of amides is 1. The lowest BCUT2D eigenvalue weighted by Crippen LogP contribution is -2.45. The summed E-state index contributed by atoms with van der Waals surface area (Å²) in [7, 11) is 0. The molecule has 0 aromatic carbocycles. The van der Waals surface area contributed by atoms with Crippen LogP contribution in [0.25, 0.3) is 0 Å². The van der Waals surface area contributed by atoms with Crippen molar-refractivity contribution in [3.8, 4) is 0 Å². The largest absolute Gasteiger partial charge is 0.411 e. The number of halogens is 3. The quantitative estimate of drug-likeness (QED) is 0.834. The van der Waals surface area contributed by atoms with Crippen molar-refractivity contribution < 1.29 is 22.7 Å². The van der Waals surface area contributed by atoms with Gasteiger partial charge in [0, 0.05) is 18.6 Å². The van der Waals surface area contributed by atoms with Crippen molar-refractivity contribution in [2.24, 2.45) is 5.73 Å². The fourth-order valence-corrected chi connectivity index (χ4v) is 2.39. The molecule has 0 radical (unpaired) electrons. The minimum atomic E-state index is -4.39. The summed E-state index contributed by atoms with van der Waals surface area (Å²) in [5.41, 5.74) is 5.79. The molecule has 0 aliphatic heterocycles. The summed E-state index contributed by atoms with van der Waals surface area (Å²) in [6, 6.07) is 0.248. The molecular formula is C12H21F3N2O2. The molecule has 0 aromatic rings. The van der Waals surface area contributed by atoms with Gasteiger partial charge in [0.2, 0.25) is 5.91 Å². The van der Waals surface area contributed by atoms with Gasteiger partial charge >= 0.3 is 6.18 Å². The Balaban J connectivity index is 2.39. The van der Waals surface area contributed by atoms with E-state index in [4.69, 9.17) is 5.73 Å². The maximum Gasteiger partial charge on any atom is 0.411 e. The van der Waals surface area contributed by atoms with Crippen LogP contribution in [0.3, 0.4) is 0 Å². The second-order valence-electron chi connectivity index (χ2n) is 4.86. The molecule has 19 heavy (non-hydrogen) atoms. The van der Waals surface area contributed by atoms with E-state index >= 15 is 0 Å². The van der Waals surface area contributed by atoms with Crippen molar-refractivity contribution in [2.45, 2.75) is 50.9 Å². The zero-order valence-electron chi connectivity index (χ0n) is 11.1. The van der Waals surface area contributed by atoms with E-state index in [9.17, 15) is 18.0 Å². The van der Waals surface area contributed by atoms with Gasteiger partial charge in [0.1, 0.15) is 13.2 Å². The van der Waals surface area contributed by atoms with Crippen LogP contribution in [0.4, 0.5) is 13.2 Å². The minimum absolute atomic E-state index is 0.0757. The summed E-state index contributed by atoms with van der Waals surface area (Å²) in [4.78, 5) is 13.4. The number of rotatable bonds is 5. The van der Waals surface area contributed by atoms with E-state index in [2.05, 4.69) is 4.74 Å². The van der Waals surface area contributed by atoms with E-state index in [0.717, 1.165) is 25.7 Å². The lowest BCUT2D eigenvalue weighted by atomic mass is 9.90. The summed E-state index contributed by atoms with van der Waals surface area (Å²) in [5, 5.41) is 0. The number of ether oxygens (including phenoxy) is 1. The smallest absolute Gasteiger partial charge is 0.362 e. The Morgan fingerprint density at radius 2 is 1.89 bits per heavy atom. The number of likely N-dealkylation sites (N-methyl/N-ethyl adjacent to an activating group) is 1. The van der Waals surface area contributed by atoms with Gasteiger partial charge in [-0.3, -0.25) is 4.79 Å². The first-order chi connectivity index (χ1) is 8.83. The molecule has 1 aliphatic carbocycles. The number of nitrogens with zero attached hydrogens (tertiary/aromatic N) is 1. The van der Waals surface area contributed by atoms with Crippen LogP contribution >= 0.6 is 0 Å². The molecule has 2 N–H and O–H groups in total. The highest BCUT2D eigenvalue weighted by molar-refractivity contribution is 5.77. The lowest BCUT2D eigenvalue weighted by molar-refractivity contribution is -0.178. The molecule has 0 spiro atoms. The molecule has 112 valence electrons. The number of carbonyl (C=O) groups excluding carboxylic acids is 1. The van der Waals surface area contributed by atoms with Crippen LogP contribution in [0.15, 0.2) is 0 Å². The lowest BCUT2D eigenvalue weighted by Gasteiger charge is -2.35. The Hall–Kier alpha value is -0.820. The number of hydrogen-bond donors (Lipinski definition) is 1. The molecule has 4 nitrogen and oxygen atoms in total. The predicted octanol–water partition coefficient (Wildman–Crippen LogP) is 1.68. The Kier molecular flexibility index (Phi) is 6.06. The van der Waals surface area contributed by atoms with Crippen LogP contribution in [0.5, 0.6) is 0 Å². The van der Waals surface area contributed by atoms with E-state index in [1.54, 1.807) is 4.90 Å². The molecule has 1 amide bonds. The molecule has 1 rings (SSSR count). The number of nitrogens with two attached hydrogens (primary N) is 1. The van der Waals surface area contributed by atoms with Crippen LogP contribution in [-0.2, 0) is 9.53 Å². The van der Waals surface area contributed by atoms with Crippen molar-refractivity contribution in [1.29, 1.82) is 0 Å². The summed E-state index contributed by atoms with van der Waals surface area (Å²) >= 11 is 0. The maximum atomic E-state index is 11.9. The SMILES string of the molecule is CCN(C(=O)COCC(F)(F)F)C1CCC(N)CC1. The van der Waals surface area contributed by atoms with Gasteiger partial charge in [-0.05, 0) is 32.6 Å². The molecule has 0 atom stereocenters. The molecule has 0 bridgehead atoms. The van der Waals surface area contributed by atoms with Crippen LogP contribution < -0.4 is 5.73 Å². The molecule has 1 fully saturated rings. The third kappa shape index (κ3) is 5.78. The first kappa shape index (κ1) is 16.2. The van der Waals surface area contributed by atoms with E-state index < -0.39 is 19.4 Å². The standard InChI is InChI=1S/C12H21F3N2O2/c1-2-17(10-5-3-9(16)4-6-10)11(18)7-19-8-12(13,14)15/h9-10H,2-8,16H2,1H3. The average molecular weight is 282 g/mol. The molecule has 1 saturated carbocycles. The fraction of sp³-hybridized carbons (Fsp3) is 0.917. The third-order valence-electron chi connectivity index (χ3n) is 3.33. The zero-order chi connectivity index (χ0) is 14.5. The summed E-state index contributed by atoms with van der Waals surface area (Å²) < 4.78 is 40.2. The van der Waals surface area contributed by atoms with E-state index in [0.29, 0.717) is 6.54 Å². The molecule has 1 aliphatic rings. The van der Waals surface area contributed by atoms with E-state index in [1.807, 2.05) is 6.92 Å². The van der Waals surface area contributed by atoms with Crippen LogP contribution in [0.2, 0.25) is 0 Å². The molecular weight excluding hydrogens is 261 g/mol. The maximum absolute atomic E-state index is 11.9. The molecule has 0 heterocycles. The Morgan fingerprint density at radius 1 is 1.32 bits per heavy atom. The van der Waals surface area contributed by atoms with Gasteiger partial charge in [-0.1, -0.05) is 0 Å². The third-order valence-corrected chi connectivity index (χ3v) is 3.33. The van der Waals surface area contributed by atoms with Gasteiger partial charge in [-0.2, -0.15) is 13.2 Å². The highest BCUT2D eigenvalue weighted by Crippen LogP contribution is 2.22. The molecule has 0 aromatic heterocycles. The highest BCUT2D eigenvalue weighted by atomic mass is 19.4. The van der Waals surface area contributed by atoms with Crippen LogP contribution in [-0.4, -0.2) is 48.8 Å². The first-order valence-electron chi connectivity index (χ1n) is 6.53. The first-order valence-corrected chi connectivity index (χ1v) is 6.53. The van der Waals surface area contributed by atoms with Gasteiger partial charge in [0.15, 0.2) is 0 Å². The average Bonchev–Trinajstić information content (AvgIpc) is 2.31.